The summed E-state index contributed by atoms with van der Waals surface area (Å²) in [6.45, 7) is 6.61. The van der Waals surface area contributed by atoms with Gasteiger partial charge in [0.2, 0.25) is 0 Å². The molecule has 0 aliphatic carbocycles. The molecular formula is C14H19Cl2N3O2. The third-order valence-corrected chi connectivity index (χ3v) is 5.13. The lowest BCUT2D eigenvalue weighted by Crippen LogP contribution is -2.43. The maximum absolute atomic E-state index is 9.37. The van der Waals surface area contributed by atoms with Crippen molar-refractivity contribution in [3.8, 4) is 0 Å². The summed E-state index contributed by atoms with van der Waals surface area (Å²) in [5.74, 6) is 0. The molecule has 3 rings (SSSR count). The average molecular weight is 332 g/mol. The Morgan fingerprint density at radius 2 is 2.33 bits per heavy atom. The first-order valence-electron chi connectivity index (χ1n) is 7.03. The van der Waals surface area contributed by atoms with Crippen LogP contribution >= 0.6 is 23.2 Å². The number of halogens is 2. The standard InChI is InChI=1S/C14H19Cl2N3O2/c1-9(6-20)19-12-5-18(7-14(12,2)8-21-19)10-3-11(15)13(16)17-4-10/h3-4,9,12,20H,5-8H2,1-2H3/t9-,12+,14+/m0/s1. The lowest BCUT2D eigenvalue weighted by atomic mass is 9.87. The van der Waals surface area contributed by atoms with Gasteiger partial charge in [-0.2, -0.15) is 5.06 Å². The van der Waals surface area contributed by atoms with Crippen LogP contribution in [0.3, 0.4) is 0 Å². The largest absolute Gasteiger partial charge is 0.395 e. The van der Waals surface area contributed by atoms with E-state index in [4.69, 9.17) is 28.0 Å². The maximum atomic E-state index is 9.37. The van der Waals surface area contributed by atoms with Crippen molar-refractivity contribution in [3.63, 3.8) is 0 Å². The van der Waals surface area contributed by atoms with Gasteiger partial charge in [-0.15, -0.1) is 0 Å². The topological polar surface area (TPSA) is 48.8 Å². The first kappa shape index (κ1) is 15.3. The number of anilines is 1. The molecule has 116 valence electrons. The monoisotopic (exact) mass is 331 g/mol. The second-order valence-corrected chi connectivity index (χ2v) is 6.95. The SMILES string of the molecule is C[C@@H](CO)N1OC[C@@]2(C)CN(c3cnc(Cl)c(Cl)c3)C[C@@H]12. The molecule has 1 N–H and O–H groups in total. The van der Waals surface area contributed by atoms with Gasteiger partial charge in [0, 0.05) is 18.5 Å². The van der Waals surface area contributed by atoms with Crippen molar-refractivity contribution >= 4 is 28.9 Å². The van der Waals surface area contributed by atoms with Crippen molar-refractivity contribution in [2.45, 2.75) is 25.9 Å². The number of pyridine rings is 1. The van der Waals surface area contributed by atoms with Gasteiger partial charge in [0.05, 0.1) is 42.2 Å². The molecule has 3 atom stereocenters. The molecule has 1 aromatic heterocycles. The Kier molecular flexibility index (Phi) is 4.05. The van der Waals surface area contributed by atoms with Gasteiger partial charge in [-0.25, -0.2) is 4.98 Å². The van der Waals surface area contributed by atoms with Crippen LogP contribution in [0, 0.1) is 5.41 Å². The summed E-state index contributed by atoms with van der Waals surface area (Å²) in [6, 6.07) is 2.08. The van der Waals surface area contributed by atoms with E-state index in [2.05, 4.69) is 16.8 Å². The zero-order chi connectivity index (χ0) is 15.2. The van der Waals surface area contributed by atoms with Gasteiger partial charge in [0.1, 0.15) is 5.15 Å². The Labute approximate surface area is 134 Å². The van der Waals surface area contributed by atoms with Crippen molar-refractivity contribution in [2.75, 3.05) is 31.2 Å². The van der Waals surface area contributed by atoms with Gasteiger partial charge in [-0.3, -0.25) is 4.84 Å². The van der Waals surface area contributed by atoms with Crippen LogP contribution in [0.1, 0.15) is 13.8 Å². The minimum Gasteiger partial charge on any atom is -0.395 e. The minimum atomic E-state index is -0.0105. The predicted molar refractivity (Wildman–Crippen MR) is 82.7 cm³/mol. The molecule has 3 heterocycles. The lowest BCUT2D eigenvalue weighted by Gasteiger charge is -2.28. The highest BCUT2D eigenvalue weighted by Crippen LogP contribution is 2.42. The molecule has 0 saturated carbocycles. The minimum absolute atomic E-state index is 0.0105. The molecule has 2 aliphatic heterocycles. The Morgan fingerprint density at radius 3 is 3.00 bits per heavy atom. The van der Waals surface area contributed by atoms with E-state index in [1.165, 1.54) is 0 Å². The van der Waals surface area contributed by atoms with Crippen molar-refractivity contribution in [3.05, 3.63) is 22.4 Å². The van der Waals surface area contributed by atoms with Crippen molar-refractivity contribution < 1.29 is 9.94 Å². The van der Waals surface area contributed by atoms with Gasteiger partial charge in [0.15, 0.2) is 0 Å². The smallest absolute Gasteiger partial charge is 0.147 e. The fraction of sp³-hybridized carbons (Fsp3) is 0.643. The first-order valence-corrected chi connectivity index (χ1v) is 7.78. The summed E-state index contributed by atoms with van der Waals surface area (Å²) >= 11 is 11.9. The molecule has 0 amide bonds. The van der Waals surface area contributed by atoms with Crippen LogP contribution in [0.5, 0.6) is 0 Å². The van der Waals surface area contributed by atoms with Crippen molar-refractivity contribution in [1.82, 2.24) is 10.0 Å². The molecule has 1 aromatic rings. The predicted octanol–water partition coefficient (Wildman–Crippen LogP) is 2.21. The molecule has 0 bridgehead atoms. The summed E-state index contributed by atoms with van der Waals surface area (Å²) in [6.07, 6.45) is 1.75. The van der Waals surface area contributed by atoms with Gasteiger partial charge in [-0.1, -0.05) is 30.1 Å². The molecular weight excluding hydrogens is 313 g/mol. The first-order chi connectivity index (χ1) is 9.94. The number of fused-ring (bicyclic) bond motifs is 1. The van der Waals surface area contributed by atoms with Gasteiger partial charge >= 0.3 is 0 Å². The molecule has 7 heteroatoms. The third kappa shape index (κ3) is 2.62. The quantitative estimate of drug-likeness (QED) is 0.860. The van der Waals surface area contributed by atoms with E-state index in [1.807, 2.05) is 18.1 Å². The summed E-state index contributed by atoms with van der Waals surface area (Å²) in [5.41, 5.74) is 1.01. The summed E-state index contributed by atoms with van der Waals surface area (Å²) in [4.78, 5) is 12.2. The van der Waals surface area contributed by atoms with Crippen LogP contribution in [0.25, 0.3) is 0 Å². The van der Waals surface area contributed by atoms with Crippen molar-refractivity contribution in [1.29, 1.82) is 0 Å². The summed E-state index contributed by atoms with van der Waals surface area (Å²) in [5, 5.41) is 12.1. The number of hydrogen-bond donors (Lipinski definition) is 1. The van der Waals surface area contributed by atoms with E-state index in [0.717, 1.165) is 18.8 Å². The molecule has 2 aliphatic rings. The van der Waals surface area contributed by atoms with E-state index in [9.17, 15) is 5.11 Å². The Hall–Kier alpha value is -0.590. The molecule has 0 unspecified atom stereocenters. The zero-order valence-corrected chi connectivity index (χ0v) is 13.6. The van der Waals surface area contributed by atoms with Crippen LogP contribution in [0.2, 0.25) is 10.2 Å². The Balaban J connectivity index is 1.82. The molecule has 0 spiro atoms. The van der Waals surface area contributed by atoms with Crippen LogP contribution in [-0.4, -0.2) is 53.5 Å². The summed E-state index contributed by atoms with van der Waals surface area (Å²) < 4.78 is 0. The number of rotatable bonds is 3. The molecule has 0 radical (unpaired) electrons. The average Bonchev–Trinajstić information content (AvgIpc) is 2.94. The highest BCUT2D eigenvalue weighted by molar-refractivity contribution is 6.41. The number of aromatic nitrogens is 1. The summed E-state index contributed by atoms with van der Waals surface area (Å²) in [7, 11) is 0. The van der Waals surface area contributed by atoms with E-state index >= 15 is 0 Å². The van der Waals surface area contributed by atoms with E-state index < -0.39 is 0 Å². The highest BCUT2D eigenvalue weighted by Gasteiger charge is 2.52. The van der Waals surface area contributed by atoms with Crippen LogP contribution in [0.15, 0.2) is 12.3 Å². The maximum Gasteiger partial charge on any atom is 0.147 e. The second kappa shape index (κ2) is 5.56. The van der Waals surface area contributed by atoms with Crippen LogP contribution < -0.4 is 4.90 Å². The van der Waals surface area contributed by atoms with Gasteiger partial charge in [-0.05, 0) is 13.0 Å². The van der Waals surface area contributed by atoms with Crippen molar-refractivity contribution in [2.24, 2.45) is 5.41 Å². The third-order valence-electron chi connectivity index (χ3n) is 4.45. The Morgan fingerprint density at radius 1 is 1.57 bits per heavy atom. The normalized spacial score (nSPS) is 30.7. The van der Waals surface area contributed by atoms with Gasteiger partial charge in [0.25, 0.3) is 0 Å². The number of hydroxylamine groups is 2. The number of aliphatic hydroxyl groups excluding tert-OH is 1. The van der Waals surface area contributed by atoms with Crippen LogP contribution in [-0.2, 0) is 4.84 Å². The highest BCUT2D eigenvalue weighted by atomic mass is 35.5. The number of nitrogens with zero attached hydrogens (tertiary/aromatic N) is 3. The molecule has 5 nitrogen and oxygen atoms in total. The fourth-order valence-electron chi connectivity index (χ4n) is 3.17. The Bertz CT molecular complexity index is 545. The number of hydrogen-bond acceptors (Lipinski definition) is 5. The van der Waals surface area contributed by atoms with Crippen LogP contribution in [0.4, 0.5) is 5.69 Å². The molecule has 0 aromatic carbocycles. The van der Waals surface area contributed by atoms with Gasteiger partial charge < -0.3 is 10.0 Å². The zero-order valence-electron chi connectivity index (χ0n) is 12.1. The molecule has 21 heavy (non-hydrogen) atoms. The fourth-order valence-corrected chi connectivity index (χ4v) is 3.44. The van der Waals surface area contributed by atoms with E-state index in [1.54, 1.807) is 6.20 Å². The molecule has 2 fully saturated rings. The lowest BCUT2D eigenvalue weighted by molar-refractivity contribution is -0.164. The second-order valence-electron chi connectivity index (χ2n) is 6.18. The van der Waals surface area contributed by atoms with E-state index in [0.29, 0.717) is 16.8 Å². The number of aliphatic hydroxyl groups is 1. The van der Waals surface area contributed by atoms with E-state index in [-0.39, 0.29) is 24.1 Å². The molecule has 2 saturated heterocycles.